The molecule has 0 saturated carbocycles. The van der Waals surface area contributed by atoms with Crippen LogP contribution in [-0.4, -0.2) is 71.7 Å². The highest BCUT2D eigenvalue weighted by molar-refractivity contribution is 5.92. The van der Waals surface area contributed by atoms with Gasteiger partial charge in [0.1, 0.15) is 6.04 Å². The molecule has 2 aliphatic heterocycles. The first-order valence-corrected chi connectivity index (χ1v) is 10.9. The van der Waals surface area contributed by atoms with Crippen LogP contribution in [0, 0.1) is 0 Å². The van der Waals surface area contributed by atoms with Gasteiger partial charge >= 0.3 is 0 Å². The third-order valence-electron chi connectivity index (χ3n) is 5.85. The number of carbonyl (C=O) groups is 3. The summed E-state index contributed by atoms with van der Waals surface area (Å²) in [4.78, 5) is 45.3. The van der Waals surface area contributed by atoms with E-state index in [0.29, 0.717) is 38.9 Å². The summed E-state index contributed by atoms with van der Waals surface area (Å²) >= 11 is 0. The van der Waals surface area contributed by atoms with Crippen molar-refractivity contribution in [2.45, 2.75) is 50.6 Å². The van der Waals surface area contributed by atoms with Crippen LogP contribution in [0.3, 0.4) is 0 Å². The lowest BCUT2D eigenvalue weighted by atomic mass is 10.1. The van der Waals surface area contributed by atoms with Crippen LogP contribution in [0.1, 0.15) is 37.7 Å². The van der Waals surface area contributed by atoms with Crippen molar-refractivity contribution in [1.29, 1.82) is 0 Å². The number of unbranched alkanes of at least 4 members (excludes halogenated alkanes) is 1. The number of hydrogen-bond donors (Lipinski definition) is 3. The van der Waals surface area contributed by atoms with Crippen LogP contribution in [0.15, 0.2) is 35.3 Å². The van der Waals surface area contributed by atoms with Gasteiger partial charge in [0.05, 0.1) is 12.6 Å². The Kier molecular flexibility index (Phi) is 7.86. The topological polar surface area (TPSA) is 134 Å². The summed E-state index contributed by atoms with van der Waals surface area (Å²) in [6.45, 7) is 1.60. The summed E-state index contributed by atoms with van der Waals surface area (Å²) in [6, 6.07) is 9.32. The number of fused-ring (bicyclic) bond motifs is 1. The molecule has 9 nitrogen and oxygen atoms in total. The number of nitrogens with two attached hydrogens (primary N) is 2. The van der Waals surface area contributed by atoms with Gasteiger partial charge in [0.2, 0.25) is 17.7 Å². The highest BCUT2D eigenvalue weighted by Crippen LogP contribution is 2.28. The third kappa shape index (κ3) is 6.19. The summed E-state index contributed by atoms with van der Waals surface area (Å²) in [5.41, 5.74) is 11.7. The molecule has 0 aliphatic carbocycles. The molecule has 0 bridgehead atoms. The number of hydrogen-bond acceptors (Lipinski definition) is 4. The monoisotopic (exact) mass is 428 g/mol. The van der Waals surface area contributed by atoms with E-state index in [1.54, 1.807) is 9.80 Å². The van der Waals surface area contributed by atoms with Crippen LogP contribution in [-0.2, 0) is 20.8 Å². The fourth-order valence-electron chi connectivity index (χ4n) is 4.28. The molecule has 1 aromatic rings. The van der Waals surface area contributed by atoms with Crippen LogP contribution in [0.2, 0.25) is 0 Å². The zero-order valence-electron chi connectivity index (χ0n) is 17.8. The average Bonchev–Trinajstić information content (AvgIpc) is 3.19. The average molecular weight is 429 g/mol. The van der Waals surface area contributed by atoms with Crippen molar-refractivity contribution in [3.8, 4) is 0 Å². The minimum atomic E-state index is -0.447. The van der Waals surface area contributed by atoms with E-state index < -0.39 is 6.04 Å². The molecule has 2 aliphatic rings. The Morgan fingerprint density at radius 3 is 2.65 bits per heavy atom. The van der Waals surface area contributed by atoms with Crippen LogP contribution in [0.4, 0.5) is 0 Å². The summed E-state index contributed by atoms with van der Waals surface area (Å²) < 4.78 is 0. The second-order valence-corrected chi connectivity index (χ2v) is 8.11. The quantitative estimate of drug-likeness (QED) is 0.289. The van der Waals surface area contributed by atoms with Crippen LogP contribution < -0.4 is 16.8 Å². The third-order valence-corrected chi connectivity index (χ3v) is 5.85. The van der Waals surface area contributed by atoms with Crippen molar-refractivity contribution in [2.24, 2.45) is 16.5 Å². The molecule has 0 spiro atoms. The predicted octanol–water partition coefficient (Wildman–Crippen LogP) is -0.00920. The van der Waals surface area contributed by atoms with Crippen molar-refractivity contribution < 1.29 is 14.4 Å². The molecule has 31 heavy (non-hydrogen) atoms. The number of aliphatic imine (C=N–C) groups is 1. The van der Waals surface area contributed by atoms with E-state index in [4.69, 9.17) is 11.5 Å². The molecule has 3 rings (SSSR count). The zero-order valence-corrected chi connectivity index (χ0v) is 17.8. The van der Waals surface area contributed by atoms with Gasteiger partial charge in [0.15, 0.2) is 5.96 Å². The summed E-state index contributed by atoms with van der Waals surface area (Å²) in [6.07, 6.45) is 3.93. The summed E-state index contributed by atoms with van der Waals surface area (Å²) in [5, 5.41) is 2.91. The molecule has 3 amide bonds. The van der Waals surface area contributed by atoms with Gasteiger partial charge in [-0.25, -0.2) is 0 Å². The van der Waals surface area contributed by atoms with Crippen molar-refractivity contribution >= 4 is 23.7 Å². The van der Waals surface area contributed by atoms with Gasteiger partial charge in [-0.3, -0.25) is 19.4 Å². The van der Waals surface area contributed by atoms with Gasteiger partial charge in [0.25, 0.3) is 0 Å². The molecule has 1 aromatic carbocycles. The molecule has 2 heterocycles. The Morgan fingerprint density at radius 1 is 1.13 bits per heavy atom. The van der Waals surface area contributed by atoms with E-state index in [0.717, 1.165) is 24.8 Å². The van der Waals surface area contributed by atoms with Crippen molar-refractivity contribution in [3.63, 3.8) is 0 Å². The Morgan fingerprint density at radius 2 is 1.90 bits per heavy atom. The van der Waals surface area contributed by atoms with Gasteiger partial charge in [-0.15, -0.1) is 0 Å². The number of rotatable bonds is 9. The number of amides is 3. The number of piperazine rings is 1. The second-order valence-electron chi connectivity index (χ2n) is 8.11. The van der Waals surface area contributed by atoms with Crippen molar-refractivity contribution in [2.75, 3.05) is 26.2 Å². The van der Waals surface area contributed by atoms with Crippen LogP contribution >= 0.6 is 0 Å². The van der Waals surface area contributed by atoms with E-state index in [2.05, 4.69) is 10.3 Å². The van der Waals surface area contributed by atoms with Crippen molar-refractivity contribution in [3.05, 3.63) is 35.9 Å². The number of guanidine groups is 1. The molecule has 0 radical (unpaired) electrons. The van der Waals surface area contributed by atoms with E-state index in [-0.39, 0.29) is 36.3 Å². The first-order valence-electron chi connectivity index (χ1n) is 10.9. The summed E-state index contributed by atoms with van der Waals surface area (Å²) in [7, 11) is 0. The Hall–Kier alpha value is -3.10. The molecule has 9 heteroatoms. The van der Waals surface area contributed by atoms with E-state index in [1.165, 1.54) is 0 Å². The molecule has 168 valence electrons. The first kappa shape index (κ1) is 22.6. The number of nitrogens with one attached hydrogen (secondary N) is 1. The van der Waals surface area contributed by atoms with Crippen molar-refractivity contribution in [1.82, 2.24) is 15.1 Å². The molecule has 0 aromatic heterocycles. The number of benzene rings is 1. The standard InChI is InChI=1S/C22H32N6O3/c23-22(24)26-13-5-4-12-25-21(31)18-10-9-17-14-27(15-20(30)28(17)18)19(29)11-8-16-6-2-1-3-7-16/h1-3,6-7,17-18H,4-5,8-15H2,(H,25,31)(H4,23,24,26)/t17-,18?/m0/s1. The van der Waals surface area contributed by atoms with Crippen LogP contribution in [0.5, 0.6) is 0 Å². The lowest BCUT2D eigenvalue weighted by molar-refractivity contribution is -0.151. The Balaban J connectivity index is 1.44. The number of nitrogens with zero attached hydrogens (tertiary/aromatic N) is 3. The minimum Gasteiger partial charge on any atom is -0.370 e. The SMILES string of the molecule is NC(N)=NCCCCNC(=O)C1CC[C@H]2CN(C(=O)CCc3ccccc3)CC(=O)N12. The molecule has 5 N–H and O–H groups in total. The predicted molar refractivity (Wildman–Crippen MR) is 118 cm³/mol. The van der Waals surface area contributed by atoms with Gasteiger partial charge in [-0.05, 0) is 37.7 Å². The van der Waals surface area contributed by atoms with Gasteiger partial charge in [-0.2, -0.15) is 0 Å². The maximum Gasteiger partial charge on any atom is 0.243 e. The second kappa shape index (κ2) is 10.8. The maximum absolute atomic E-state index is 12.8. The molecule has 2 atom stereocenters. The van der Waals surface area contributed by atoms with Gasteiger partial charge in [-0.1, -0.05) is 30.3 Å². The van der Waals surface area contributed by atoms with Gasteiger partial charge < -0.3 is 26.6 Å². The normalized spacial score (nSPS) is 20.3. The minimum absolute atomic E-state index is 0.00877. The Bertz CT molecular complexity index is 809. The zero-order chi connectivity index (χ0) is 22.2. The first-order chi connectivity index (χ1) is 15.0. The fourth-order valence-corrected chi connectivity index (χ4v) is 4.28. The van der Waals surface area contributed by atoms with Gasteiger partial charge in [0, 0.05) is 26.1 Å². The molecular formula is C22H32N6O3. The van der Waals surface area contributed by atoms with E-state index >= 15 is 0 Å². The van der Waals surface area contributed by atoms with Crippen LogP contribution in [0.25, 0.3) is 0 Å². The largest absolute Gasteiger partial charge is 0.370 e. The summed E-state index contributed by atoms with van der Waals surface area (Å²) in [5.74, 6) is -0.209. The smallest absolute Gasteiger partial charge is 0.243 e. The molecule has 1 unspecified atom stereocenters. The molecular weight excluding hydrogens is 396 g/mol. The highest BCUT2D eigenvalue weighted by Gasteiger charge is 2.45. The lowest BCUT2D eigenvalue weighted by Gasteiger charge is -2.39. The lowest BCUT2D eigenvalue weighted by Crippen LogP contribution is -2.59. The molecule has 2 fully saturated rings. The number of aryl methyl sites for hydroxylation is 1. The number of carbonyl (C=O) groups excluding carboxylic acids is 3. The Labute approximate surface area is 182 Å². The highest BCUT2D eigenvalue weighted by atomic mass is 16.2. The van der Waals surface area contributed by atoms with E-state index in [9.17, 15) is 14.4 Å². The van der Waals surface area contributed by atoms with E-state index in [1.807, 2.05) is 30.3 Å². The molecule has 2 saturated heterocycles. The maximum atomic E-state index is 12.8. The fraction of sp³-hybridized carbons (Fsp3) is 0.545.